The van der Waals surface area contributed by atoms with Gasteiger partial charge in [0.2, 0.25) is 0 Å². The van der Waals surface area contributed by atoms with Gasteiger partial charge < -0.3 is 9.41 Å². The molecule has 0 N–H and O–H groups in total. The zero-order valence-corrected chi connectivity index (χ0v) is 7.92. The van der Waals surface area contributed by atoms with Crippen LogP contribution in [-0.2, 0) is 12.5 Å². The summed E-state index contributed by atoms with van der Waals surface area (Å²) >= 11 is 0. The summed E-state index contributed by atoms with van der Waals surface area (Å²) in [4.78, 5) is 7.39. The molecule has 3 nitrogen and oxygen atoms in total. The molecule has 0 aliphatic heterocycles. The fraction of sp³-hybridized carbons (Fsp3) is 0.556. The highest BCUT2D eigenvalue weighted by atomic mass is 15.1. The van der Waals surface area contributed by atoms with Crippen LogP contribution < -0.4 is 0 Å². The third-order valence-corrected chi connectivity index (χ3v) is 1.73. The van der Waals surface area contributed by atoms with Crippen molar-refractivity contribution in [3.63, 3.8) is 0 Å². The smallest absolute Gasteiger partial charge is 0.291 e. The Bertz CT molecular complexity index is 323. The van der Waals surface area contributed by atoms with Crippen LogP contribution in [0.25, 0.3) is 4.85 Å². The first-order valence-electron chi connectivity index (χ1n) is 3.86. The van der Waals surface area contributed by atoms with Gasteiger partial charge in [0, 0.05) is 7.05 Å². The van der Waals surface area contributed by atoms with E-state index in [0.717, 1.165) is 5.69 Å². The van der Waals surface area contributed by atoms with Crippen LogP contribution in [0.15, 0.2) is 6.33 Å². The van der Waals surface area contributed by atoms with Crippen LogP contribution in [0.2, 0.25) is 0 Å². The summed E-state index contributed by atoms with van der Waals surface area (Å²) in [7, 11) is 1.92. The first kappa shape index (κ1) is 8.79. The fourth-order valence-corrected chi connectivity index (χ4v) is 1.36. The van der Waals surface area contributed by atoms with Gasteiger partial charge in [-0.2, -0.15) is 0 Å². The van der Waals surface area contributed by atoms with Gasteiger partial charge in [0.05, 0.1) is 5.69 Å². The molecular formula is C9H13N3. The molecule has 1 aromatic heterocycles. The van der Waals surface area contributed by atoms with Gasteiger partial charge in [-0.15, -0.1) is 4.98 Å². The molecule has 0 aromatic carbocycles. The van der Waals surface area contributed by atoms with E-state index in [9.17, 15) is 0 Å². The van der Waals surface area contributed by atoms with Gasteiger partial charge >= 0.3 is 0 Å². The lowest BCUT2D eigenvalue weighted by Crippen LogP contribution is -2.15. The number of nitrogens with zero attached hydrogens (tertiary/aromatic N) is 3. The van der Waals surface area contributed by atoms with Crippen molar-refractivity contribution in [2.24, 2.45) is 7.05 Å². The standard InChI is InChI=1S/C9H13N3/c1-9(2,3)7-8(10-4)11-6-12(7)5/h6H,1-3,5H3. The Morgan fingerprint density at radius 1 is 1.50 bits per heavy atom. The van der Waals surface area contributed by atoms with Crippen molar-refractivity contribution in [2.75, 3.05) is 0 Å². The zero-order chi connectivity index (χ0) is 9.35. The summed E-state index contributed by atoms with van der Waals surface area (Å²) in [6, 6.07) is 0. The van der Waals surface area contributed by atoms with Crippen molar-refractivity contribution in [1.82, 2.24) is 9.55 Å². The molecule has 64 valence electrons. The summed E-state index contributed by atoms with van der Waals surface area (Å²) in [5.41, 5.74) is 0.989. The molecule has 0 aliphatic carbocycles. The molecular weight excluding hydrogens is 150 g/mol. The summed E-state index contributed by atoms with van der Waals surface area (Å²) in [6.45, 7) is 13.2. The highest BCUT2D eigenvalue weighted by Crippen LogP contribution is 2.29. The maximum Gasteiger partial charge on any atom is 0.291 e. The molecule has 3 heteroatoms. The van der Waals surface area contributed by atoms with E-state index >= 15 is 0 Å². The largest absolute Gasteiger partial charge is 0.359 e. The molecule has 0 bridgehead atoms. The lowest BCUT2D eigenvalue weighted by atomic mass is 9.92. The topological polar surface area (TPSA) is 22.2 Å². The third kappa shape index (κ3) is 1.33. The van der Waals surface area contributed by atoms with E-state index in [0.29, 0.717) is 5.82 Å². The van der Waals surface area contributed by atoms with E-state index in [-0.39, 0.29) is 5.41 Å². The Morgan fingerprint density at radius 2 is 2.08 bits per heavy atom. The number of aromatic nitrogens is 2. The summed E-state index contributed by atoms with van der Waals surface area (Å²) in [5.74, 6) is 0.519. The van der Waals surface area contributed by atoms with Crippen molar-refractivity contribution in [3.05, 3.63) is 23.4 Å². The van der Waals surface area contributed by atoms with Gasteiger partial charge in [-0.05, 0) is 5.41 Å². The van der Waals surface area contributed by atoms with Crippen molar-refractivity contribution in [1.29, 1.82) is 0 Å². The highest BCUT2D eigenvalue weighted by molar-refractivity contribution is 5.45. The van der Waals surface area contributed by atoms with E-state index in [4.69, 9.17) is 6.57 Å². The minimum Gasteiger partial charge on any atom is -0.359 e. The SMILES string of the molecule is [C-]#[N+]c1ncn(C)c1C(C)(C)C. The molecule has 0 unspecified atom stereocenters. The predicted molar refractivity (Wildman–Crippen MR) is 48.2 cm³/mol. The van der Waals surface area contributed by atoms with Crippen LogP contribution in [0.3, 0.4) is 0 Å². The quantitative estimate of drug-likeness (QED) is 0.538. The van der Waals surface area contributed by atoms with Crippen LogP contribution in [0, 0.1) is 6.57 Å². The molecule has 0 atom stereocenters. The number of aryl methyl sites for hydroxylation is 1. The van der Waals surface area contributed by atoms with Crippen LogP contribution in [0.5, 0.6) is 0 Å². The van der Waals surface area contributed by atoms with E-state index < -0.39 is 0 Å². The number of rotatable bonds is 0. The van der Waals surface area contributed by atoms with Crippen molar-refractivity contribution >= 4 is 5.82 Å². The molecule has 0 spiro atoms. The average molecular weight is 163 g/mol. The second-order valence-electron chi connectivity index (χ2n) is 3.89. The minimum absolute atomic E-state index is 0.00880. The number of hydrogen-bond acceptors (Lipinski definition) is 1. The lowest BCUT2D eigenvalue weighted by molar-refractivity contribution is 0.546. The van der Waals surface area contributed by atoms with Crippen molar-refractivity contribution in [2.45, 2.75) is 26.2 Å². The number of hydrogen-bond donors (Lipinski definition) is 0. The van der Waals surface area contributed by atoms with E-state index in [1.807, 2.05) is 11.6 Å². The highest BCUT2D eigenvalue weighted by Gasteiger charge is 2.22. The molecule has 12 heavy (non-hydrogen) atoms. The molecule has 0 saturated carbocycles. The molecule has 0 fully saturated rings. The normalized spacial score (nSPS) is 11.2. The Kier molecular flexibility index (Phi) is 1.93. The fourth-order valence-electron chi connectivity index (χ4n) is 1.36. The summed E-state index contributed by atoms with van der Waals surface area (Å²) in [5, 5.41) is 0. The van der Waals surface area contributed by atoms with Gasteiger partial charge in [0.25, 0.3) is 5.82 Å². The van der Waals surface area contributed by atoms with Crippen LogP contribution in [0.4, 0.5) is 5.82 Å². The first-order valence-corrected chi connectivity index (χ1v) is 3.86. The minimum atomic E-state index is -0.00880. The molecule has 0 saturated heterocycles. The third-order valence-electron chi connectivity index (χ3n) is 1.73. The molecule has 0 amide bonds. The maximum absolute atomic E-state index is 6.93. The lowest BCUT2D eigenvalue weighted by Gasteiger charge is -2.19. The second-order valence-corrected chi connectivity index (χ2v) is 3.89. The monoisotopic (exact) mass is 163 g/mol. The summed E-state index contributed by atoms with van der Waals surface area (Å²) < 4.78 is 1.91. The Hall–Kier alpha value is -1.30. The zero-order valence-electron chi connectivity index (χ0n) is 7.92. The van der Waals surface area contributed by atoms with Gasteiger partial charge in [-0.3, -0.25) is 0 Å². The Balaban J connectivity index is 3.32. The molecule has 0 aliphatic rings. The molecule has 1 rings (SSSR count). The van der Waals surface area contributed by atoms with Crippen molar-refractivity contribution < 1.29 is 0 Å². The summed E-state index contributed by atoms with van der Waals surface area (Å²) in [6.07, 6.45) is 1.69. The van der Waals surface area contributed by atoms with Crippen LogP contribution >= 0.6 is 0 Å². The van der Waals surface area contributed by atoms with Crippen LogP contribution in [0.1, 0.15) is 26.5 Å². The Labute approximate surface area is 72.9 Å². The van der Waals surface area contributed by atoms with E-state index in [1.54, 1.807) is 6.33 Å². The van der Waals surface area contributed by atoms with E-state index in [1.165, 1.54) is 0 Å². The molecule has 1 aromatic rings. The number of imidazole rings is 1. The van der Waals surface area contributed by atoms with Gasteiger partial charge in [-0.1, -0.05) is 27.3 Å². The van der Waals surface area contributed by atoms with Gasteiger partial charge in [0.15, 0.2) is 6.33 Å². The molecule has 1 heterocycles. The van der Waals surface area contributed by atoms with Gasteiger partial charge in [-0.25, -0.2) is 0 Å². The second kappa shape index (κ2) is 2.63. The van der Waals surface area contributed by atoms with Crippen LogP contribution in [-0.4, -0.2) is 9.55 Å². The maximum atomic E-state index is 6.93. The average Bonchev–Trinajstić information content (AvgIpc) is 2.29. The molecule has 0 radical (unpaired) electrons. The predicted octanol–water partition coefficient (Wildman–Crippen LogP) is 2.27. The van der Waals surface area contributed by atoms with Crippen molar-refractivity contribution in [3.8, 4) is 0 Å². The first-order chi connectivity index (χ1) is 5.46. The Morgan fingerprint density at radius 3 is 2.42 bits per heavy atom. The van der Waals surface area contributed by atoms with Gasteiger partial charge in [0.1, 0.15) is 0 Å². The van der Waals surface area contributed by atoms with E-state index in [2.05, 4.69) is 30.6 Å².